The number of nitrogens with zero attached hydrogens (tertiary/aromatic N) is 2. The normalized spacial score (nSPS) is 16.0. The summed E-state index contributed by atoms with van der Waals surface area (Å²) in [6.07, 6.45) is 0. The molecule has 0 bridgehead atoms. The summed E-state index contributed by atoms with van der Waals surface area (Å²) < 4.78 is 5.23. The van der Waals surface area contributed by atoms with E-state index in [0.717, 1.165) is 36.1 Å². The van der Waals surface area contributed by atoms with E-state index >= 15 is 0 Å². The van der Waals surface area contributed by atoms with Gasteiger partial charge in [0, 0.05) is 5.38 Å². The number of aromatic nitrogens is 2. The predicted molar refractivity (Wildman–Crippen MR) is 70.1 cm³/mol. The fourth-order valence-corrected chi connectivity index (χ4v) is 3.22. The molecule has 1 N–H and O–H groups in total. The molecule has 0 atom stereocenters. The molecule has 0 unspecified atom stereocenters. The van der Waals surface area contributed by atoms with Crippen molar-refractivity contribution in [2.75, 3.05) is 18.8 Å². The zero-order chi connectivity index (χ0) is 11.5. The van der Waals surface area contributed by atoms with Gasteiger partial charge in [-0.15, -0.1) is 0 Å². The number of hydrogen-bond donors (Lipinski definition) is 1. The molecule has 0 radical (unpaired) electrons. The molecule has 0 spiro atoms. The van der Waals surface area contributed by atoms with E-state index in [1.165, 1.54) is 5.75 Å². The first-order chi connectivity index (χ1) is 8.42. The minimum Gasteiger partial charge on any atom is -0.334 e. The summed E-state index contributed by atoms with van der Waals surface area (Å²) in [7, 11) is 0. The number of nitrogens with one attached hydrogen (secondary N) is 1. The zero-order valence-electron chi connectivity index (χ0n) is 9.26. The SMILES string of the molecule is c1cc(-c2nc(CSCC3CNC3)no2)cs1. The van der Waals surface area contributed by atoms with Crippen LogP contribution in [0.25, 0.3) is 11.5 Å². The minimum absolute atomic E-state index is 0.632. The van der Waals surface area contributed by atoms with E-state index in [0.29, 0.717) is 5.89 Å². The van der Waals surface area contributed by atoms with Crippen molar-refractivity contribution in [1.82, 2.24) is 15.5 Å². The molecule has 0 amide bonds. The van der Waals surface area contributed by atoms with Crippen molar-refractivity contribution >= 4 is 23.1 Å². The molecule has 3 heterocycles. The second-order valence-corrected chi connectivity index (χ2v) is 5.88. The lowest BCUT2D eigenvalue weighted by Crippen LogP contribution is -2.43. The summed E-state index contributed by atoms with van der Waals surface area (Å²) in [6, 6.07) is 2.00. The van der Waals surface area contributed by atoms with Crippen LogP contribution < -0.4 is 5.32 Å². The molecule has 1 fully saturated rings. The molecule has 2 aromatic rings. The summed E-state index contributed by atoms with van der Waals surface area (Å²) in [5.41, 5.74) is 1.02. The summed E-state index contributed by atoms with van der Waals surface area (Å²) in [4.78, 5) is 4.39. The van der Waals surface area contributed by atoms with E-state index in [9.17, 15) is 0 Å². The van der Waals surface area contributed by atoms with Crippen LogP contribution in [0.5, 0.6) is 0 Å². The van der Waals surface area contributed by atoms with Gasteiger partial charge in [0.1, 0.15) is 0 Å². The fourth-order valence-electron chi connectivity index (χ4n) is 1.60. The maximum absolute atomic E-state index is 5.23. The Hall–Kier alpha value is -0.850. The quantitative estimate of drug-likeness (QED) is 0.900. The molecule has 6 heteroatoms. The highest BCUT2D eigenvalue weighted by Crippen LogP contribution is 2.22. The Bertz CT molecular complexity index is 465. The van der Waals surface area contributed by atoms with Gasteiger partial charge >= 0.3 is 0 Å². The Morgan fingerprint density at radius 1 is 1.53 bits per heavy atom. The van der Waals surface area contributed by atoms with Crippen molar-refractivity contribution in [2.24, 2.45) is 5.92 Å². The third-order valence-electron chi connectivity index (χ3n) is 2.69. The molecule has 1 aliphatic rings. The van der Waals surface area contributed by atoms with Gasteiger partial charge in [0.2, 0.25) is 0 Å². The number of rotatable bonds is 5. The van der Waals surface area contributed by atoms with Gasteiger partial charge in [-0.3, -0.25) is 0 Å². The first kappa shape index (κ1) is 11.3. The van der Waals surface area contributed by atoms with E-state index < -0.39 is 0 Å². The van der Waals surface area contributed by atoms with E-state index in [4.69, 9.17) is 4.52 Å². The van der Waals surface area contributed by atoms with Crippen molar-refractivity contribution in [3.05, 3.63) is 22.7 Å². The van der Waals surface area contributed by atoms with Crippen molar-refractivity contribution in [3.8, 4) is 11.5 Å². The topological polar surface area (TPSA) is 51.0 Å². The Balaban J connectivity index is 1.53. The molecule has 1 aliphatic heterocycles. The molecule has 0 aromatic carbocycles. The third kappa shape index (κ3) is 2.70. The summed E-state index contributed by atoms with van der Waals surface area (Å²) in [5, 5.41) is 11.3. The van der Waals surface area contributed by atoms with Crippen LogP contribution in [-0.2, 0) is 5.75 Å². The van der Waals surface area contributed by atoms with E-state index in [2.05, 4.69) is 15.5 Å². The number of hydrogen-bond acceptors (Lipinski definition) is 6. The van der Waals surface area contributed by atoms with Crippen LogP contribution in [0.4, 0.5) is 0 Å². The van der Waals surface area contributed by atoms with Gasteiger partial charge in [-0.25, -0.2) is 0 Å². The Kier molecular flexibility index (Phi) is 3.44. The van der Waals surface area contributed by atoms with E-state index in [1.807, 2.05) is 28.6 Å². The van der Waals surface area contributed by atoms with Gasteiger partial charge in [0.05, 0.1) is 11.3 Å². The fraction of sp³-hybridized carbons (Fsp3) is 0.455. The first-order valence-electron chi connectivity index (χ1n) is 5.55. The lowest BCUT2D eigenvalue weighted by Gasteiger charge is -2.26. The molecule has 17 heavy (non-hydrogen) atoms. The minimum atomic E-state index is 0.632. The molecule has 4 nitrogen and oxygen atoms in total. The van der Waals surface area contributed by atoms with Gasteiger partial charge in [-0.2, -0.15) is 28.1 Å². The van der Waals surface area contributed by atoms with Crippen molar-refractivity contribution in [2.45, 2.75) is 5.75 Å². The van der Waals surface area contributed by atoms with Crippen LogP contribution in [0, 0.1) is 5.92 Å². The maximum atomic E-state index is 5.23. The molecular formula is C11H13N3OS2. The highest BCUT2D eigenvalue weighted by Gasteiger charge is 2.17. The van der Waals surface area contributed by atoms with E-state index in [-0.39, 0.29) is 0 Å². The Morgan fingerprint density at radius 2 is 2.47 bits per heavy atom. The monoisotopic (exact) mass is 267 g/mol. The third-order valence-corrected chi connectivity index (χ3v) is 4.54. The molecule has 90 valence electrons. The smallest absolute Gasteiger partial charge is 0.258 e. The first-order valence-corrected chi connectivity index (χ1v) is 7.65. The predicted octanol–water partition coefficient (Wildman–Crippen LogP) is 2.25. The van der Waals surface area contributed by atoms with Gasteiger partial charge in [0.15, 0.2) is 5.82 Å². The second kappa shape index (κ2) is 5.20. The van der Waals surface area contributed by atoms with Crippen LogP contribution in [0.3, 0.4) is 0 Å². The van der Waals surface area contributed by atoms with Crippen LogP contribution >= 0.6 is 23.1 Å². The molecule has 1 saturated heterocycles. The second-order valence-electron chi connectivity index (χ2n) is 4.07. The summed E-state index contributed by atoms with van der Waals surface area (Å²) in [6.45, 7) is 2.30. The number of thiophene rings is 1. The lowest BCUT2D eigenvalue weighted by molar-refractivity contribution is 0.385. The highest BCUT2D eigenvalue weighted by atomic mass is 32.2. The Labute approximate surface area is 108 Å². The van der Waals surface area contributed by atoms with Crippen LogP contribution in [0.2, 0.25) is 0 Å². The van der Waals surface area contributed by atoms with Gasteiger partial charge in [-0.1, -0.05) is 5.16 Å². The molecule has 2 aromatic heterocycles. The van der Waals surface area contributed by atoms with Gasteiger partial charge in [0.25, 0.3) is 5.89 Å². The molecule has 3 rings (SSSR count). The molecule has 0 aliphatic carbocycles. The van der Waals surface area contributed by atoms with Crippen LogP contribution in [0.15, 0.2) is 21.3 Å². The standard InChI is InChI=1S/C11H13N3OS2/c1-2-16-6-9(1)11-13-10(14-15-11)7-17-5-8-3-12-4-8/h1-2,6,8,12H,3-5,7H2. The maximum Gasteiger partial charge on any atom is 0.258 e. The average molecular weight is 267 g/mol. The average Bonchev–Trinajstić information content (AvgIpc) is 2.91. The van der Waals surface area contributed by atoms with Crippen LogP contribution in [-0.4, -0.2) is 29.0 Å². The molecular weight excluding hydrogens is 254 g/mol. The molecule has 0 saturated carbocycles. The summed E-state index contributed by atoms with van der Waals surface area (Å²) in [5.74, 6) is 4.26. The van der Waals surface area contributed by atoms with Gasteiger partial charge in [-0.05, 0) is 36.2 Å². The lowest BCUT2D eigenvalue weighted by atomic mass is 10.1. The largest absolute Gasteiger partial charge is 0.334 e. The zero-order valence-corrected chi connectivity index (χ0v) is 10.9. The Morgan fingerprint density at radius 3 is 3.18 bits per heavy atom. The van der Waals surface area contributed by atoms with E-state index in [1.54, 1.807) is 11.3 Å². The number of thioether (sulfide) groups is 1. The van der Waals surface area contributed by atoms with Crippen molar-refractivity contribution < 1.29 is 4.52 Å². The van der Waals surface area contributed by atoms with Crippen molar-refractivity contribution in [1.29, 1.82) is 0 Å². The highest BCUT2D eigenvalue weighted by molar-refractivity contribution is 7.98. The van der Waals surface area contributed by atoms with Gasteiger partial charge < -0.3 is 9.84 Å². The summed E-state index contributed by atoms with van der Waals surface area (Å²) >= 11 is 3.51. The van der Waals surface area contributed by atoms with Crippen LogP contribution in [0.1, 0.15) is 5.82 Å². The van der Waals surface area contributed by atoms with Crippen molar-refractivity contribution in [3.63, 3.8) is 0 Å².